The molecule has 0 atom stereocenters. The summed E-state index contributed by atoms with van der Waals surface area (Å²) in [5, 5.41) is 6.74. The van der Waals surface area contributed by atoms with Crippen LogP contribution in [0.25, 0.3) is 0 Å². The van der Waals surface area contributed by atoms with Crippen LogP contribution < -0.4 is 10.7 Å². The number of benzene rings is 2. The van der Waals surface area contributed by atoms with Gasteiger partial charge in [-0.1, -0.05) is 33.6 Å². The Hall–Kier alpha value is -2.47. The fourth-order valence-electron chi connectivity index (χ4n) is 1.93. The quantitative estimate of drug-likeness (QED) is 0.603. The zero-order valence-corrected chi connectivity index (χ0v) is 15.1. The van der Waals surface area contributed by atoms with Crippen molar-refractivity contribution >= 4 is 39.1 Å². The van der Waals surface area contributed by atoms with Gasteiger partial charge in [0.15, 0.2) is 0 Å². The van der Waals surface area contributed by atoms with Crippen molar-refractivity contribution in [1.29, 1.82) is 0 Å². The molecule has 0 bridgehead atoms. The van der Waals surface area contributed by atoms with Crippen LogP contribution in [0.3, 0.4) is 0 Å². The van der Waals surface area contributed by atoms with Gasteiger partial charge in [-0.25, -0.2) is 5.43 Å². The van der Waals surface area contributed by atoms with Crippen LogP contribution in [0.15, 0.2) is 58.1 Å². The molecule has 0 aliphatic heterocycles. The first-order valence-electron chi connectivity index (χ1n) is 7.39. The zero-order valence-electron chi connectivity index (χ0n) is 13.5. The van der Waals surface area contributed by atoms with Gasteiger partial charge in [0.25, 0.3) is 5.91 Å². The summed E-state index contributed by atoms with van der Waals surface area (Å²) in [5.41, 5.74) is 5.29. The minimum Gasteiger partial charge on any atom is -0.326 e. The number of nitrogens with one attached hydrogen (secondary N) is 2. The summed E-state index contributed by atoms with van der Waals surface area (Å²) in [6.45, 7) is 3.64. The molecular weight excluding hydrogens is 370 g/mol. The van der Waals surface area contributed by atoms with E-state index in [0.29, 0.717) is 17.0 Å². The highest BCUT2D eigenvalue weighted by molar-refractivity contribution is 9.10. The van der Waals surface area contributed by atoms with Gasteiger partial charge < -0.3 is 5.32 Å². The maximum absolute atomic E-state index is 11.9. The molecule has 2 amide bonds. The highest BCUT2D eigenvalue weighted by atomic mass is 79.9. The average Bonchev–Trinajstić information content (AvgIpc) is 2.55. The second-order valence-electron chi connectivity index (χ2n) is 5.39. The van der Waals surface area contributed by atoms with Gasteiger partial charge in [-0.05, 0) is 50.2 Å². The maximum atomic E-state index is 11.9. The van der Waals surface area contributed by atoms with Crippen LogP contribution in [0.1, 0.15) is 29.3 Å². The third kappa shape index (κ3) is 5.62. The first kappa shape index (κ1) is 17.9. The lowest BCUT2D eigenvalue weighted by molar-refractivity contribution is -0.115. The number of amides is 2. The van der Waals surface area contributed by atoms with Crippen LogP contribution >= 0.6 is 15.9 Å². The molecule has 0 fully saturated rings. The summed E-state index contributed by atoms with van der Waals surface area (Å²) < 4.78 is 0.942. The van der Waals surface area contributed by atoms with Crippen molar-refractivity contribution < 1.29 is 9.59 Å². The molecule has 0 aliphatic rings. The minimum atomic E-state index is -0.303. The average molecular weight is 388 g/mol. The van der Waals surface area contributed by atoms with Crippen molar-refractivity contribution in [3.8, 4) is 0 Å². The molecule has 0 spiro atoms. The fraction of sp³-hybridized carbons (Fsp3) is 0.167. The normalized spacial score (nSPS) is 11.0. The predicted molar refractivity (Wildman–Crippen MR) is 99.1 cm³/mol. The van der Waals surface area contributed by atoms with Gasteiger partial charge in [0.05, 0.1) is 6.42 Å². The molecule has 0 heterocycles. The van der Waals surface area contributed by atoms with Gasteiger partial charge in [-0.2, -0.15) is 5.10 Å². The Kier molecular flexibility index (Phi) is 6.26. The standard InChI is InChI=1S/C18H18BrN3O2/c1-12-3-5-14(6-4-12)18(24)22-21-13(2)11-17(23)20-16-9-7-15(19)8-10-16/h3-10H,11H2,1-2H3,(H,20,23)(H,22,24)/b21-13-. The van der Waals surface area contributed by atoms with Crippen molar-refractivity contribution in [2.45, 2.75) is 20.3 Å². The molecule has 2 aromatic rings. The number of hydrogen-bond donors (Lipinski definition) is 2. The molecule has 0 aromatic heterocycles. The molecule has 0 radical (unpaired) electrons. The molecule has 0 aliphatic carbocycles. The number of aryl methyl sites for hydroxylation is 1. The van der Waals surface area contributed by atoms with Gasteiger partial charge in [-0.3, -0.25) is 9.59 Å². The van der Waals surface area contributed by atoms with Crippen LogP contribution in [0, 0.1) is 6.92 Å². The summed E-state index contributed by atoms with van der Waals surface area (Å²) in [4.78, 5) is 23.9. The van der Waals surface area contributed by atoms with Gasteiger partial charge in [0.1, 0.15) is 0 Å². The van der Waals surface area contributed by atoms with E-state index in [1.807, 2.05) is 31.2 Å². The first-order chi connectivity index (χ1) is 11.4. The summed E-state index contributed by atoms with van der Waals surface area (Å²) in [6.07, 6.45) is 0.101. The van der Waals surface area contributed by atoms with E-state index in [1.54, 1.807) is 31.2 Å². The lowest BCUT2D eigenvalue weighted by Crippen LogP contribution is -2.21. The maximum Gasteiger partial charge on any atom is 0.271 e. The molecular formula is C18H18BrN3O2. The van der Waals surface area contributed by atoms with E-state index in [1.165, 1.54) is 0 Å². The van der Waals surface area contributed by atoms with Crippen LogP contribution in [-0.2, 0) is 4.79 Å². The van der Waals surface area contributed by atoms with E-state index in [9.17, 15) is 9.59 Å². The lowest BCUT2D eigenvalue weighted by atomic mass is 10.1. The fourth-order valence-corrected chi connectivity index (χ4v) is 2.19. The zero-order chi connectivity index (χ0) is 17.5. The molecule has 2 aromatic carbocycles. The van der Waals surface area contributed by atoms with Crippen LogP contribution in [0.5, 0.6) is 0 Å². The highest BCUT2D eigenvalue weighted by Crippen LogP contribution is 2.14. The van der Waals surface area contributed by atoms with E-state index in [0.717, 1.165) is 10.0 Å². The van der Waals surface area contributed by atoms with Crippen LogP contribution in [0.4, 0.5) is 5.69 Å². The Bertz CT molecular complexity index is 753. The molecule has 0 saturated heterocycles. The number of anilines is 1. The second kappa shape index (κ2) is 8.40. The molecule has 0 unspecified atom stereocenters. The van der Waals surface area contributed by atoms with Gasteiger partial charge in [0.2, 0.25) is 5.91 Å². The third-order valence-electron chi connectivity index (χ3n) is 3.21. The van der Waals surface area contributed by atoms with Crippen molar-refractivity contribution in [1.82, 2.24) is 5.43 Å². The Morgan fingerprint density at radius 2 is 1.67 bits per heavy atom. The van der Waals surface area contributed by atoms with Gasteiger partial charge in [0, 0.05) is 21.4 Å². The number of carbonyl (C=O) groups is 2. The number of halogens is 1. The number of rotatable bonds is 5. The SMILES string of the molecule is C/C(CC(=O)Nc1ccc(Br)cc1)=N/NC(=O)c1ccc(C)cc1. The monoisotopic (exact) mass is 387 g/mol. The second-order valence-corrected chi connectivity index (χ2v) is 6.30. The van der Waals surface area contributed by atoms with E-state index in [2.05, 4.69) is 31.8 Å². The van der Waals surface area contributed by atoms with Crippen molar-refractivity contribution in [2.24, 2.45) is 5.10 Å². The Morgan fingerprint density at radius 3 is 2.29 bits per heavy atom. The van der Waals surface area contributed by atoms with Crippen LogP contribution in [-0.4, -0.2) is 17.5 Å². The number of hydrogen-bond acceptors (Lipinski definition) is 3. The predicted octanol–water partition coefficient (Wildman–Crippen LogP) is 3.89. The first-order valence-corrected chi connectivity index (χ1v) is 8.19. The van der Waals surface area contributed by atoms with Crippen LogP contribution in [0.2, 0.25) is 0 Å². The molecule has 6 heteroatoms. The molecule has 0 saturated carbocycles. The highest BCUT2D eigenvalue weighted by Gasteiger charge is 2.07. The molecule has 124 valence electrons. The summed E-state index contributed by atoms with van der Waals surface area (Å²) in [7, 11) is 0. The van der Waals surface area contributed by atoms with Crippen molar-refractivity contribution in [3.63, 3.8) is 0 Å². The van der Waals surface area contributed by atoms with Gasteiger partial charge >= 0.3 is 0 Å². The van der Waals surface area contributed by atoms with Crippen molar-refractivity contribution in [2.75, 3.05) is 5.32 Å². The Morgan fingerprint density at radius 1 is 1.04 bits per heavy atom. The number of carbonyl (C=O) groups excluding carboxylic acids is 2. The molecule has 5 nitrogen and oxygen atoms in total. The summed E-state index contributed by atoms with van der Waals surface area (Å²) in [5.74, 6) is -0.495. The lowest BCUT2D eigenvalue weighted by Gasteiger charge is -2.06. The topological polar surface area (TPSA) is 70.6 Å². The van der Waals surface area contributed by atoms with Gasteiger partial charge in [-0.15, -0.1) is 0 Å². The number of hydrazone groups is 1. The molecule has 2 N–H and O–H groups in total. The van der Waals surface area contributed by atoms with E-state index in [-0.39, 0.29) is 18.2 Å². The molecule has 24 heavy (non-hydrogen) atoms. The molecule has 2 rings (SSSR count). The third-order valence-corrected chi connectivity index (χ3v) is 3.74. The van der Waals surface area contributed by atoms with E-state index < -0.39 is 0 Å². The largest absolute Gasteiger partial charge is 0.326 e. The summed E-state index contributed by atoms with van der Waals surface area (Å²) >= 11 is 3.34. The minimum absolute atomic E-state index is 0.101. The van der Waals surface area contributed by atoms with E-state index >= 15 is 0 Å². The number of nitrogens with zero attached hydrogens (tertiary/aromatic N) is 1. The Labute approximate surface area is 149 Å². The van der Waals surface area contributed by atoms with E-state index in [4.69, 9.17) is 0 Å². The smallest absolute Gasteiger partial charge is 0.271 e. The summed E-state index contributed by atoms with van der Waals surface area (Å²) in [6, 6.07) is 14.5. The Balaban J connectivity index is 1.86. The van der Waals surface area contributed by atoms with Crippen molar-refractivity contribution in [3.05, 3.63) is 64.1 Å².